The van der Waals surface area contributed by atoms with Crippen LogP contribution in [-0.4, -0.2) is 76.7 Å². The number of carbonyl (C=O) groups is 1. The monoisotopic (exact) mass is 487 g/mol. The number of likely N-dealkylation sites (tertiary alicyclic amines) is 1. The van der Waals surface area contributed by atoms with Gasteiger partial charge in [0.05, 0.1) is 18.3 Å². The molecule has 0 saturated carbocycles. The van der Waals surface area contributed by atoms with Crippen molar-refractivity contribution >= 4 is 16.9 Å². The van der Waals surface area contributed by atoms with Gasteiger partial charge in [0.15, 0.2) is 0 Å². The van der Waals surface area contributed by atoms with E-state index in [0.717, 1.165) is 27.6 Å². The maximum Gasteiger partial charge on any atom is 0.242 e. The molecular weight excluding hydrogens is 454 g/mol. The fourth-order valence-corrected chi connectivity index (χ4v) is 6.33. The summed E-state index contributed by atoms with van der Waals surface area (Å²) in [4.78, 5) is 24.3. The average Bonchev–Trinajstić information content (AvgIpc) is 3.28. The van der Waals surface area contributed by atoms with Gasteiger partial charge in [-0.15, -0.1) is 0 Å². The Morgan fingerprint density at radius 3 is 2.78 bits per heavy atom. The minimum absolute atomic E-state index is 0.0318. The Hall–Kier alpha value is -3.25. The van der Waals surface area contributed by atoms with Gasteiger partial charge in [0.25, 0.3) is 0 Å². The van der Waals surface area contributed by atoms with E-state index in [1.807, 2.05) is 25.1 Å². The van der Waals surface area contributed by atoms with Crippen LogP contribution >= 0.6 is 0 Å². The molecule has 4 heterocycles. The number of ether oxygens (including phenoxy) is 1. The summed E-state index contributed by atoms with van der Waals surface area (Å²) in [5.74, 6) is 0.222. The number of nitrogens with one attached hydrogen (secondary N) is 1. The number of aryl methyl sites for hydroxylation is 1. The van der Waals surface area contributed by atoms with E-state index in [9.17, 15) is 15.2 Å². The molecule has 0 radical (unpaired) electrons. The molecule has 5 rings (SSSR count). The third-order valence-electron chi connectivity index (χ3n) is 8.19. The molecule has 188 valence electrons. The van der Waals surface area contributed by atoms with Crippen molar-refractivity contribution in [1.82, 2.24) is 19.8 Å². The van der Waals surface area contributed by atoms with Crippen molar-refractivity contribution < 1.29 is 14.6 Å². The Labute approximate surface area is 211 Å². The van der Waals surface area contributed by atoms with Crippen LogP contribution in [0.2, 0.25) is 0 Å². The Balaban J connectivity index is 1.49. The van der Waals surface area contributed by atoms with Gasteiger partial charge in [0.2, 0.25) is 5.91 Å². The van der Waals surface area contributed by atoms with Crippen LogP contribution < -0.4 is 0 Å². The van der Waals surface area contributed by atoms with Gasteiger partial charge in [0.1, 0.15) is 23.4 Å². The van der Waals surface area contributed by atoms with E-state index in [1.54, 1.807) is 17.3 Å². The van der Waals surface area contributed by atoms with Crippen LogP contribution in [0.5, 0.6) is 0 Å². The summed E-state index contributed by atoms with van der Waals surface area (Å²) >= 11 is 0. The lowest BCUT2D eigenvalue weighted by molar-refractivity contribution is -0.306. The predicted octanol–water partition coefficient (Wildman–Crippen LogP) is 3.04. The summed E-state index contributed by atoms with van der Waals surface area (Å²) in [6.45, 7) is 7.32. The molecule has 2 N–H and O–H groups in total. The number of nitrogens with zero attached hydrogens (tertiary/aromatic N) is 4. The van der Waals surface area contributed by atoms with Crippen LogP contribution in [0.25, 0.3) is 22.2 Å². The number of fused-ring (bicyclic) bond motifs is 2. The van der Waals surface area contributed by atoms with Gasteiger partial charge in [-0.25, -0.2) is 4.98 Å². The third-order valence-corrected chi connectivity index (χ3v) is 8.19. The number of carbonyl (C=O) groups excluding carboxylic acids is 1. The molecular formula is C28H33N5O3. The molecule has 5 atom stereocenters. The normalized spacial score (nSPS) is 26.4. The number of likely N-dealkylation sites (N-methyl/N-ethyl adjacent to an activating group) is 1. The highest BCUT2D eigenvalue weighted by Crippen LogP contribution is 2.56. The fourth-order valence-electron chi connectivity index (χ4n) is 6.33. The highest BCUT2D eigenvalue weighted by Gasteiger charge is 2.61. The summed E-state index contributed by atoms with van der Waals surface area (Å²) < 4.78 is 6.56. The first-order valence-electron chi connectivity index (χ1n) is 12.4. The SMILES string of the molecule is Cc1cc(-c2ccnc3[nH]cc(C#N)c23)ccc1[C@]12OC(C)[C@H]1CN(C(=O)[C@@H](CO)N(C)C)C[C@H]2C. The van der Waals surface area contributed by atoms with Crippen LogP contribution in [0.1, 0.15) is 30.5 Å². The van der Waals surface area contributed by atoms with Gasteiger partial charge in [-0.1, -0.05) is 25.1 Å². The second-order valence-electron chi connectivity index (χ2n) is 10.5. The van der Waals surface area contributed by atoms with Gasteiger partial charge in [-0.05, 0) is 56.3 Å². The first-order chi connectivity index (χ1) is 17.2. The molecule has 0 bridgehead atoms. The number of hydrogen-bond donors (Lipinski definition) is 2. The second kappa shape index (κ2) is 9.00. The lowest BCUT2D eigenvalue weighted by Crippen LogP contribution is -2.70. The molecule has 2 saturated heterocycles. The molecule has 2 aliphatic rings. The van der Waals surface area contributed by atoms with E-state index < -0.39 is 11.6 Å². The van der Waals surface area contributed by atoms with E-state index in [2.05, 4.69) is 55.0 Å². The van der Waals surface area contributed by atoms with Crippen LogP contribution in [0.3, 0.4) is 0 Å². The quantitative estimate of drug-likeness (QED) is 0.573. The number of piperidine rings is 1. The number of benzene rings is 1. The Bertz CT molecular complexity index is 1360. The minimum Gasteiger partial charge on any atom is -0.394 e. The number of hydrogen-bond acceptors (Lipinski definition) is 6. The number of nitriles is 1. The number of H-pyrrole nitrogens is 1. The minimum atomic E-state index is -0.536. The zero-order chi connectivity index (χ0) is 25.8. The Morgan fingerprint density at radius 1 is 1.36 bits per heavy atom. The maximum atomic E-state index is 13.2. The van der Waals surface area contributed by atoms with Crippen LogP contribution in [0.15, 0.2) is 36.7 Å². The molecule has 8 heteroatoms. The van der Waals surface area contributed by atoms with Gasteiger partial charge in [0, 0.05) is 42.7 Å². The van der Waals surface area contributed by atoms with Gasteiger partial charge in [-0.3, -0.25) is 9.69 Å². The van der Waals surface area contributed by atoms with Gasteiger partial charge < -0.3 is 19.7 Å². The summed E-state index contributed by atoms with van der Waals surface area (Å²) in [5, 5.41) is 20.2. The molecule has 0 aliphatic carbocycles. The summed E-state index contributed by atoms with van der Waals surface area (Å²) in [6, 6.07) is 10.1. The summed E-state index contributed by atoms with van der Waals surface area (Å²) in [7, 11) is 3.64. The van der Waals surface area contributed by atoms with Crippen molar-refractivity contribution in [2.45, 2.75) is 38.5 Å². The smallest absolute Gasteiger partial charge is 0.242 e. The number of amides is 1. The molecule has 2 fully saturated rings. The van der Waals surface area contributed by atoms with E-state index in [0.29, 0.717) is 24.3 Å². The topological polar surface area (TPSA) is 105 Å². The number of aliphatic hydroxyl groups is 1. The highest BCUT2D eigenvalue weighted by atomic mass is 16.5. The largest absolute Gasteiger partial charge is 0.394 e. The van der Waals surface area contributed by atoms with Crippen molar-refractivity contribution in [3.63, 3.8) is 0 Å². The Kier molecular flexibility index (Phi) is 6.11. The first-order valence-corrected chi connectivity index (χ1v) is 12.4. The average molecular weight is 488 g/mol. The van der Waals surface area contributed by atoms with Crippen molar-refractivity contribution in [2.24, 2.45) is 11.8 Å². The molecule has 36 heavy (non-hydrogen) atoms. The number of aliphatic hydroxyl groups excluding tert-OH is 1. The molecule has 3 aromatic rings. The van der Waals surface area contributed by atoms with Crippen LogP contribution in [0.4, 0.5) is 0 Å². The molecule has 1 aromatic carbocycles. The van der Waals surface area contributed by atoms with Crippen molar-refractivity contribution in [3.05, 3.63) is 53.3 Å². The van der Waals surface area contributed by atoms with Crippen LogP contribution in [-0.2, 0) is 15.1 Å². The first kappa shape index (κ1) is 24.4. The molecule has 8 nitrogen and oxygen atoms in total. The number of aromatic amines is 1. The molecule has 0 spiro atoms. The van der Waals surface area contributed by atoms with E-state index in [-0.39, 0.29) is 30.5 Å². The van der Waals surface area contributed by atoms with Crippen molar-refractivity contribution in [2.75, 3.05) is 33.8 Å². The van der Waals surface area contributed by atoms with Crippen LogP contribution in [0, 0.1) is 30.1 Å². The summed E-state index contributed by atoms with van der Waals surface area (Å²) in [5.41, 5.74) is 5.09. The fraction of sp³-hybridized carbons (Fsp3) is 0.464. The zero-order valence-electron chi connectivity index (χ0n) is 21.4. The highest BCUT2D eigenvalue weighted by molar-refractivity contribution is 5.97. The lowest BCUT2D eigenvalue weighted by atomic mass is 9.62. The maximum absolute atomic E-state index is 13.2. The number of pyridine rings is 1. The van der Waals surface area contributed by atoms with Gasteiger partial charge >= 0.3 is 0 Å². The number of rotatable bonds is 5. The van der Waals surface area contributed by atoms with E-state index >= 15 is 0 Å². The molecule has 2 aromatic heterocycles. The molecule has 1 amide bonds. The van der Waals surface area contributed by atoms with Crippen molar-refractivity contribution in [3.8, 4) is 17.2 Å². The lowest BCUT2D eigenvalue weighted by Gasteiger charge is -2.62. The Morgan fingerprint density at radius 2 is 2.14 bits per heavy atom. The predicted molar refractivity (Wildman–Crippen MR) is 137 cm³/mol. The molecule has 2 aliphatic heterocycles. The van der Waals surface area contributed by atoms with E-state index in [4.69, 9.17) is 4.74 Å². The van der Waals surface area contributed by atoms with E-state index in [1.165, 1.54) is 0 Å². The third kappa shape index (κ3) is 3.53. The van der Waals surface area contributed by atoms with Crippen molar-refractivity contribution in [1.29, 1.82) is 5.26 Å². The second-order valence-corrected chi connectivity index (χ2v) is 10.5. The summed E-state index contributed by atoms with van der Waals surface area (Å²) in [6.07, 6.45) is 3.49. The zero-order valence-corrected chi connectivity index (χ0v) is 21.4. The molecule has 1 unspecified atom stereocenters. The van der Waals surface area contributed by atoms with Gasteiger partial charge in [-0.2, -0.15) is 5.26 Å². The standard InChI is InChI=1S/C28H33N5O3/c1-16-10-19(21-8-9-30-26-25(21)20(11-29)12-31-26)6-7-22(16)28-17(2)13-33(14-23(28)18(3)36-28)27(35)24(15-34)32(4)5/h6-10,12,17-18,23-24,34H,13-15H2,1-5H3,(H,30,31)/t17-,18?,23-,24-,28+/m1/s1. The number of aromatic nitrogens is 2.